The van der Waals surface area contributed by atoms with E-state index in [2.05, 4.69) is 0 Å². The largest absolute Gasteiger partial charge is 0.484 e. The molecule has 2 aliphatic heterocycles. The second-order valence-corrected chi connectivity index (χ2v) is 5.23. The molecule has 0 aromatic heterocycles. The van der Waals surface area contributed by atoms with Crippen LogP contribution in [0, 0.1) is 5.82 Å². The van der Waals surface area contributed by atoms with Gasteiger partial charge in [0.05, 0.1) is 13.2 Å². The van der Waals surface area contributed by atoms with Crippen molar-refractivity contribution in [2.45, 2.75) is 18.6 Å². The van der Waals surface area contributed by atoms with Crippen molar-refractivity contribution in [1.82, 2.24) is 4.90 Å². The van der Waals surface area contributed by atoms with Crippen molar-refractivity contribution in [2.75, 3.05) is 32.9 Å². The molecule has 0 unspecified atom stereocenters. The van der Waals surface area contributed by atoms with E-state index in [1.54, 1.807) is 4.90 Å². The van der Waals surface area contributed by atoms with Crippen LogP contribution in [0.1, 0.15) is 12.8 Å². The van der Waals surface area contributed by atoms with Gasteiger partial charge in [0.2, 0.25) is 0 Å². The standard InChI is InChI=1S/C15H18FNO4/c16-12-1-3-13(4-2-12)19-11-14(18)17-7-5-15(6-8-17)20-9-10-21-15/h1-4H,5-11H2. The van der Waals surface area contributed by atoms with Crippen molar-refractivity contribution in [3.63, 3.8) is 0 Å². The number of halogens is 1. The first-order chi connectivity index (χ1) is 10.2. The lowest BCUT2D eigenvalue weighted by Gasteiger charge is -2.37. The highest BCUT2D eigenvalue weighted by molar-refractivity contribution is 5.77. The molecule has 1 spiro atoms. The first kappa shape index (κ1) is 14.3. The molecule has 0 N–H and O–H groups in total. The maximum atomic E-state index is 12.8. The highest BCUT2D eigenvalue weighted by Crippen LogP contribution is 2.31. The molecule has 0 radical (unpaired) electrons. The molecule has 0 atom stereocenters. The summed E-state index contributed by atoms with van der Waals surface area (Å²) in [5.41, 5.74) is 0. The van der Waals surface area contributed by atoms with Crippen LogP contribution in [0.2, 0.25) is 0 Å². The SMILES string of the molecule is O=C(COc1ccc(F)cc1)N1CCC2(CC1)OCCO2. The summed E-state index contributed by atoms with van der Waals surface area (Å²) in [5, 5.41) is 0. The summed E-state index contributed by atoms with van der Waals surface area (Å²) in [4.78, 5) is 13.8. The molecule has 5 nitrogen and oxygen atoms in total. The van der Waals surface area contributed by atoms with E-state index in [4.69, 9.17) is 14.2 Å². The van der Waals surface area contributed by atoms with Crippen molar-refractivity contribution >= 4 is 5.91 Å². The number of likely N-dealkylation sites (tertiary alicyclic amines) is 1. The highest BCUT2D eigenvalue weighted by atomic mass is 19.1. The van der Waals surface area contributed by atoms with Gasteiger partial charge in [0.15, 0.2) is 12.4 Å². The van der Waals surface area contributed by atoms with Crippen LogP contribution in [-0.4, -0.2) is 49.5 Å². The Balaban J connectivity index is 1.47. The van der Waals surface area contributed by atoms with E-state index in [0.29, 0.717) is 44.9 Å². The zero-order valence-corrected chi connectivity index (χ0v) is 11.7. The number of benzene rings is 1. The van der Waals surface area contributed by atoms with Gasteiger partial charge in [-0.2, -0.15) is 0 Å². The van der Waals surface area contributed by atoms with Crippen molar-refractivity contribution < 1.29 is 23.4 Å². The van der Waals surface area contributed by atoms with Crippen LogP contribution in [0.5, 0.6) is 5.75 Å². The first-order valence-corrected chi connectivity index (χ1v) is 7.11. The molecule has 0 saturated carbocycles. The van der Waals surface area contributed by atoms with E-state index >= 15 is 0 Å². The molecule has 2 fully saturated rings. The number of amides is 1. The number of hydrogen-bond donors (Lipinski definition) is 0. The van der Waals surface area contributed by atoms with E-state index in [-0.39, 0.29) is 18.3 Å². The van der Waals surface area contributed by atoms with Gasteiger partial charge in [-0.3, -0.25) is 4.79 Å². The third-order valence-corrected chi connectivity index (χ3v) is 3.87. The van der Waals surface area contributed by atoms with Crippen LogP contribution < -0.4 is 4.74 Å². The normalized spacial score (nSPS) is 20.7. The minimum atomic E-state index is -0.478. The van der Waals surface area contributed by atoms with Crippen molar-refractivity contribution in [3.8, 4) is 5.75 Å². The summed E-state index contributed by atoms with van der Waals surface area (Å²) in [5.74, 6) is -0.395. The molecular formula is C15H18FNO4. The van der Waals surface area contributed by atoms with Gasteiger partial charge >= 0.3 is 0 Å². The van der Waals surface area contributed by atoms with Crippen LogP contribution in [0.25, 0.3) is 0 Å². The van der Waals surface area contributed by atoms with E-state index < -0.39 is 5.79 Å². The van der Waals surface area contributed by atoms with Gasteiger partial charge in [-0.15, -0.1) is 0 Å². The molecule has 6 heteroatoms. The molecule has 0 bridgehead atoms. The highest BCUT2D eigenvalue weighted by Gasteiger charge is 2.40. The number of piperidine rings is 1. The van der Waals surface area contributed by atoms with E-state index in [1.807, 2.05) is 0 Å². The second kappa shape index (κ2) is 5.99. The Hall–Kier alpha value is -1.66. The molecule has 2 heterocycles. The molecule has 1 aromatic carbocycles. The maximum Gasteiger partial charge on any atom is 0.260 e. The Kier molecular flexibility index (Phi) is 4.07. The Bertz CT molecular complexity index is 489. The molecule has 1 aromatic rings. The average molecular weight is 295 g/mol. The number of rotatable bonds is 3. The van der Waals surface area contributed by atoms with Crippen LogP contribution in [-0.2, 0) is 14.3 Å². The Morgan fingerprint density at radius 1 is 1.19 bits per heavy atom. The van der Waals surface area contributed by atoms with E-state index in [0.717, 1.165) is 0 Å². The summed E-state index contributed by atoms with van der Waals surface area (Å²) >= 11 is 0. The third kappa shape index (κ3) is 3.33. The second-order valence-electron chi connectivity index (χ2n) is 5.23. The van der Waals surface area contributed by atoms with Gasteiger partial charge in [-0.1, -0.05) is 0 Å². The summed E-state index contributed by atoms with van der Waals surface area (Å²) in [7, 11) is 0. The summed E-state index contributed by atoms with van der Waals surface area (Å²) in [6.07, 6.45) is 1.38. The van der Waals surface area contributed by atoms with Crippen LogP contribution >= 0.6 is 0 Å². The number of hydrogen-bond acceptors (Lipinski definition) is 4. The number of nitrogens with zero attached hydrogens (tertiary/aromatic N) is 1. The summed E-state index contributed by atoms with van der Waals surface area (Å²) < 4.78 is 29.4. The molecule has 0 aliphatic carbocycles. The predicted molar refractivity (Wildman–Crippen MR) is 72.3 cm³/mol. The molecule has 3 rings (SSSR count). The van der Waals surface area contributed by atoms with Gasteiger partial charge < -0.3 is 19.1 Å². The van der Waals surface area contributed by atoms with Gasteiger partial charge in [-0.25, -0.2) is 4.39 Å². The monoisotopic (exact) mass is 295 g/mol. The van der Waals surface area contributed by atoms with Gasteiger partial charge in [0.1, 0.15) is 11.6 Å². The zero-order valence-electron chi connectivity index (χ0n) is 11.7. The van der Waals surface area contributed by atoms with Crippen LogP contribution in [0.15, 0.2) is 24.3 Å². The molecule has 1 amide bonds. The van der Waals surface area contributed by atoms with Gasteiger partial charge in [0.25, 0.3) is 5.91 Å². The summed E-state index contributed by atoms with van der Waals surface area (Å²) in [6, 6.07) is 5.63. The molecule has 114 valence electrons. The summed E-state index contributed by atoms with van der Waals surface area (Å²) in [6.45, 7) is 2.42. The fraction of sp³-hybridized carbons (Fsp3) is 0.533. The first-order valence-electron chi connectivity index (χ1n) is 7.11. The fourth-order valence-corrected chi connectivity index (χ4v) is 2.65. The van der Waals surface area contributed by atoms with Crippen molar-refractivity contribution in [1.29, 1.82) is 0 Å². The zero-order chi connectivity index (χ0) is 14.7. The Labute approximate surface area is 122 Å². The molecule has 21 heavy (non-hydrogen) atoms. The predicted octanol–water partition coefficient (Wildman–Crippen LogP) is 1.57. The smallest absolute Gasteiger partial charge is 0.260 e. The van der Waals surface area contributed by atoms with E-state index in [1.165, 1.54) is 24.3 Å². The molecule has 2 aliphatic rings. The third-order valence-electron chi connectivity index (χ3n) is 3.87. The quantitative estimate of drug-likeness (QED) is 0.849. The van der Waals surface area contributed by atoms with Gasteiger partial charge in [-0.05, 0) is 24.3 Å². The van der Waals surface area contributed by atoms with Gasteiger partial charge in [0, 0.05) is 25.9 Å². The number of carbonyl (C=O) groups is 1. The lowest BCUT2D eigenvalue weighted by atomic mass is 10.0. The Morgan fingerprint density at radius 2 is 1.81 bits per heavy atom. The van der Waals surface area contributed by atoms with Crippen molar-refractivity contribution in [2.24, 2.45) is 0 Å². The number of ether oxygens (including phenoxy) is 3. The lowest BCUT2D eigenvalue weighted by Crippen LogP contribution is -2.48. The average Bonchev–Trinajstić information content (AvgIpc) is 2.95. The van der Waals surface area contributed by atoms with Crippen LogP contribution in [0.3, 0.4) is 0 Å². The topological polar surface area (TPSA) is 48.0 Å². The number of carbonyl (C=O) groups excluding carboxylic acids is 1. The maximum absolute atomic E-state index is 12.8. The molecule has 2 saturated heterocycles. The van der Waals surface area contributed by atoms with E-state index in [9.17, 15) is 9.18 Å². The van der Waals surface area contributed by atoms with Crippen LogP contribution in [0.4, 0.5) is 4.39 Å². The minimum absolute atomic E-state index is 0.0413. The minimum Gasteiger partial charge on any atom is -0.484 e. The Morgan fingerprint density at radius 3 is 2.43 bits per heavy atom. The molecular weight excluding hydrogens is 277 g/mol. The fourth-order valence-electron chi connectivity index (χ4n) is 2.65. The lowest BCUT2D eigenvalue weighted by molar-refractivity contribution is -0.187. The van der Waals surface area contributed by atoms with Crippen molar-refractivity contribution in [3.05, 3.63) is 30.1 Å².